The van der Waals surface area contributed by atoms with Gasteiger partial charge in [-0.1, -0.05) is 24.3 Å². The molecule has 0 radical (unpaired) electrons. The highest BCUT2D eigenvalue weighted by atomic mass is 16.3. The Morgan fingerprint density at radius 2 is 1.23 bits per heavy atom. The molecule has 0 bridgehead atoms. The van der Waals surface area contributed by atoms with Crippen molar-refractivity contribution in [3.8, 4) is 23.2 Å². The Bertz CT molecular complexity index is 1420. The van der Waals surface area contributed by atoms with Gasteiger partial charge in [0, 0.05) is 23.9 Å². The second-order valence-electron chi connectivity index (χ2n) is 8.10. The van der Waals surface area contributed by atoms with Gasteiger partial charge in [0.1, 0.15) is 11.4 Å². The number of carbonyl (C=O) groups is 2. The number of anilines is 3. The molecule has 0 fully saturated rings. The first-order valence-corrected chi connectivity index (χ1v) is 10.8. The predicted octanol–water partition coefficient (Wildman–Crippen LogP) is 4.36. The van der Waals surface area contributed by atoms with Gasteiger partial charge in [-0.05, 0) is 66.1 Å². The molecule has 1 aliphatic heterocycles. The highest BCUT2D eigenvalue weighted by Gasteiger charge is 2.24. The van der Waals surface area contributed by atoms with Gasteiger partial charge in [0.25, 0.3) is 11.8 Å². The molecule has 2 amide bonds. The smallest absolute Gasteiger partial charge is 0.258 e. The summed E-state index contributed by atoms with van der Waals surface area (Å²) in [4.78, 5) is 24.8. The summed E-state index contributed by atoms with van der Waals surface area (Å²) in [5.41, 5.74) is 4.08. The van der Waals surface area contributed by atoms with E-state index in [-0.39, 0.29) is 29.3 Å². The van der Waals surface area contributed by atoms with E-state index in [1.165, 1.54) is 34.9 Å². The van der Waals surface area contributed by atoms with Crippen molar-refractivity contribution in [3.05, 3.63) is 102 Å². The summed E-state index contributed by atoms with van der Waals surface area (Å²) < 4.78 is 1.32. The van der Waals surface area contributed by atoms with Gasteiger partial charge >= 0.3 is 0 Å². The van der Waals surface area contributed by atoms with Crippen molar-refractivity contribution >= 4 is 28.9 Å². The van der Waals surface area contributed by atoms with Crippen molar-refractivity contribution < 1.29 is 24.9 Å². The zero-order valence-corrected chi connectivity index (χ0v) is 18.4. The molecule has 4 N–H and O–H groups in total. The van der Waals surface area contributed by atoms with Crippen LogP contribution in [0.4, 0.5) is 17.1 Å². The molecule has 4 aromatic rings. The van der Waals surface area contributed by atoms with E-state index in [0.717, 1.165) is 16.0 Å². The molecule has 5 rings (SSSR count). The van der Waals surface area contributed by atoms with E-state index in [9.17, 15) is 24.9 Å². The molecule has 1 aliphatic rings. The number of aromatic hydroxyl groups is 3. The summed E-state index contributed by atoms with van der Waals surface area (Å²) in [5.74, 6) is -0.857. The van der Waals surface area contributed by atoms with Crippen LogP contribution in [-0.2, 0) is 16.0 Å². The maximum Gasteiger partial charge on any atom is 0.258 e. The number of imide groups is 1. The summed E-state index contributed by atoms with van der Waals surface area (Å²) in [7, 11) is 0. The Morgan fingerprint density at radius 3 is 1.80 bits per heavy atom. The second-order valence-corrected chi connectivity index (χ2v) is 8.10. The molecule has 0 unspecified atom stereocenters. The lowest BCUT2D eigenvalue weighted by Gasteiger charge is -2.14. The largest absolute Gasteiger partial charge is 0.508 e. The maximum absolute atomic E-state index is 11.8. The molecule has 0 atom stereocenters. The van der Waals surface area contributed by atoms with Gasteiger partial charge in [-0.2, -0.15) is 0 Å². The number of phenolic OH excluding ortho intramolecular Hbond substituents is 1. The molecule has 8 heteroatoms. The Labute approximate surface area is 200 Å². The summed E-state index contributed by atoms with van der Waals surface area (Å²) >= 11 is 0. The SMILES string of the molecule is O=C1C=CC(=O)N1c1ccc(Cc2ccc(-n3c(O)cc(Nc4ccc(O)cc4)c3O)cc2)cc1. The van der Waals surface area contributed by atoms with Gasteiger partial charge in [0.2, 0.25) is 11.8 Å². The molecule has 2 heterocycles. The van der Waals surface area contributed by atoms with E-state index in [4.69, 9.17) is 0 Å². The second kappa shape index (κ2) is 8.75. The van der Waals surface area contributed by atoms with Crippen molar-refractivity contribution in [1.29, 1.82) is 0 Å². The van der Waals surface area contributed by atoms with Gasteiger partial charge in [0.05, 0.1) is 11.4 Å². The van der Waals surface area contributed by atoms with E-state index in [1.807, 2.05) is 24.3 Å². The lowest BCUT2D eigenvalue weighted by molar-refractivity contribution is -0.119. The third-order valence-corrected chi connectivity index (χ3v) is 5.71. The molecule has 0 saturated carbocycles. The number of nitrogens with zero attached hydrogens (tertiary/aromatic N) is 2. The molecule has 0 aliphatic carbocycles. The Balaban J connectivity index is 1.30. The molecular formula is C27H21N3O5. The lowest BCUT2D eigenvalue weighted by Crippen LogP contribution is -2.29. The zero-order chi connectivity index (χ0) is 24.5. The van der Waals surface area contributed by atoms with Crippen molar-refractivity contribution in [2.24, 2.45) is 0 Å². The fourth-order valence-corrected chi connectivity index (χ4v) is 3.95. The normalized spacial score (nSPS) is 13.0. The van der Waals surface area contributed by atoms with Crippen LogP contribution in [0.25, 0.3) is 5.69 Å². The first-order chi connectivity index (χ1) is 16.9. The molecular weight excluding hydrogens is 446 g/mol. The Morgan fingerprint density at radius 1 is 0.686 bits per heavy atom. The molecule has 1 aromatic heterocycles. The molecule has 3 aromatic carbocycles. The summed E-state index contributed by atoms with van der Waals surface area (Å²) in [5, 5.41) is 33.5. The molecule has 35 heavy (non-hydrogen) atoms. The number of rotatable bonds is 6. The average molecular weight is 467 g/mol. The van der Waals surface area contributed by atoms with Crippen LogP contribution in [0.3, 0.4) is 0 Å². The first kappa shape index (κ1) is 21.8. The Hall–Kier alpha value is -4.98. The van der Waals surface area contributed by atoms with E-state index in [0.29, 0.717) is 29.2 Å². The number of hydrogen-bond acceptors (Lipinski definition) is 6. The molecule has 174 valence electrons. The highest BCUT2D eigenvalue weighted by molar-refractivity contribution is 6.28. The summed E-state index contributed by atoms with van der Waals surface area (Å²) in [6, 6.07) is 22.4. The molecule has 8 nitrogen and oxygen atoms in total. The fourth-order valence-electron chi connectivity index (χ4n) is 3.95. The minimum atomic E-state index is -0.351. The number of hydrogen-bond donors (Lipinski definition) is 4. The van der Waals surface area contributed by atoms with Crippen LogP contribution in [-0.4, -0.2) is 31.7 Å². The van der Waals surface area contributed by atoms with Crippen LogP contribution in [0.1, 0.15) is 11.1 Å². The molecule has 0 spiro atoms. The van der Waals surface area contributed by atoms with Crippen LogP contribution in [0.2, 0.25) is 0 Å². The van der Waals surface area contributed by atoms with Crippen molar-refractivity contribution in [2.75, 3.05) is 10.2 Å². The van der Waals surface area contributed by atoms with Gasteiger partial charge < -0.3 is 20.6 Å². The van der Waals surface area contributed by atoms with Crippen LogP contribution >= 0.6 is 0 Å². The van der Waals surface area contributed by atoms with Crippen molar-refractivity contribution in [1.82, 2.24) is 4.57 Å². The quantitative estimate of drug-likeness (QED) is 0.247. The van der Waals surface area contributed by atoms with Crippen LogP contribution < -0.4 is 10.2 Å². The van der Waals surface area contributed by atoms with E-state index >= 15 is 0 Å². The minimum Gasteiger partial charge on any atom is -0.508 e. The summed E-state index contributed by atoms with van der Waals surface area (Å²) in [6.45, 7) is 0. The number of nitrogens with one attached hydrogen (secondary N) is 1. The topological polar surface area (TPSA) is 115 Å². The maximum atomic E-state index is 11.8. The van der Waals surface area contributed by atoms with Gasteiger partial charge in [-0.15, -0.1) is 0 Å². The minimum absolute atomic E-state index is 0.130. The highest BCUT2D eigenvalue weighted by Crippen LogP contribution is 2.37. The van der Waals surface area contributed by atoms with E-state index < -0.39 is 0 Å². The standard InChI is InChI=1S/C27H21N3O5/c31-22-11-5-19(6-12-22)28-23-16-26(34)30(27(23)35)21-9-3-18(4-10-21)15-17-1-7-20(8-2-17)29-24(32)13-14-25(29)33/h1-14,16,28,31,34-35H,15H2. The summed E-state index contributed by atoms with van der Waals surface area (Å²) in [6.07, 6.45) is 3.13. The number of benzene rings is 3. The van der Waals surface area contributed by atoms with Crippen molar-refractivity contribution in [2.45, 2.75) is 6.42 Å². The van der Waals surface area contributed by atoms with Gasteiger partial charge in [-0.3, -0.25) is 9.59 Å². The third-order valence-electron chi connectivity index (χ3n) is 5.71. The van der Waals surface area contributed by atoms with Crippen LogP contribution in [0.5, 0.6) is 17.5 Å². The van der Waals surface area contributed by atoms with E-state index in [1.54, 1.807) is 36.4 Å². The fraction of sp³-hybridized carbons (Fsp3) is 0.0370. The lowest BCUT2D eigenvalue weighted by atomic mass is 10.0. The zero-order valence-electron chi connectivity index (χ0n) is 18.4. The number of aromatic nitrogens is 1. The number of carbonyl (C=O) groups excluding carboxylic acids is 2. The molecule has 0 saturated heterocycles. The average Bonchev–Trinajstić information content (AvgIpc) is 3.33. The van der Waals surface area contributed by atoms with E-state index in [2.05, 4.69) is 5.32 Å². The third kappa shape index (κ3) is 4.32. The monoisotopic (exact) mass is 467 g/mol. The van der Waals surface area contributed by atoms with Gasteiger partial charge in [-0.25, -0.2) is 9.47 Å². The van der Waals surface area contributed by atoms with Gasteiger partial charge in [0.15, 0.2) is 0 Å². The van der Waals surface area contributed by atoms with Crippen LogP contribution in [0.15, 0.2) is 91.0 Å². The predicted molar refractivity (Wildman–Crippen MR) is 131 cm³/mol. The Kier molecular flexibility index (Phi) is 5.46. The number of phenols is 1. The first-order valence-electron chi connectivity index (χ1n) is 10.8. The number of amides is 2. The van der Waals surface area contributed by atoms with Crippen molar-refractivity contribution in [3.63, 3.8) is 0 Å². The van der Waals surface area contributed by atoms with Crippen LogP contribution in [0, 0.1) is 0 Å².